The minimum Gasteiger partial charge on any atom is -0.335 e. The van der Waals surface area contributed by atoms with Crippen molar-refractivity contribution in [3.8, 4) is 22.3 Å². The van der Waals surface area contributed by atoms with E-state index >= 15 is 0 Å². The Balaban J connectivity index is 1.25. The summed E-state index contributed by atoms with van der Waals surface area (Å²) >= 11 is 0. The summed E-state index contributed by atoms with van der Waals surface area (Å²) in [7, 11) is 0. The molecule has 0 aliphatic heterocycles. The van der Waals surface area contributed by atoms with Crippen molar-refractivity contribution in [2.45, 2.75) is 38.1 Å². The Morgan fingerprint density at radius 3 is 2.04 bits per heavy atom. The predicted octanol–water partition coefficient (Wildman–Crippen LogP) is 13.0. The molecule has 0 saturated heterocycles. The summed E-state index contributed by atoms with van der Waals surface area (Å²) < 4.78 is 0. The predicted molar refractivity (Wildman–Crippen MR) is 216 cm³/mol. The van der Waals surface area contributed by atoms with Crippen LogP contribution in [0.1, 0.15) is 32.3 Å². The number of hydrogen-bond donors (Lipinski definition) is 0. The minimum atomic E-state index is -0.335. The summed E-state index contributed by atoms with van der Waals surface area (Å²) in [6, 6.07) is 43.7. The van der Waals surface area contributed by atoms with Gasteiger partial charge in [-0.25, -0.2) is 0 Å². The number of nitrogens with zero attached hydrogens (tertiary/aromatic N) is 1. The zero-order chi connectivity index (χ0) is 34.5. The van der Waals surface area contributed by atoms with Crippen LogP contribution in [-0.4, -0.2) is 6.04 Å². The fraction of sp³-hybridized carbons (Fsp3) is 0.143. The number of benzene rings is 5. The lowest BCUT2D eigenvalue weighted by molar-refractivity contribution is 0.643. The van der Waals surface area contributed by atoms with Gasteiger partial charge in [-0.1, -0.05) is 179 Å². The molecule has 50 heavy (non-hydrogen) atoms. The lowest BCUT2D eigenvalue weighted by Crippen LogP contribution is -2.34. The molecule has 7 rings (SSSR count). The molecule has 0 bridgehead atoms. The van der Waals surface area contributed by atoms with Gasteiger partial charge in [0.05, 0.1) is 6.04 Å². The summed E-state index contributed by atoms with van der Waals surface area (Å²) in [6.07, 6.45) is 22.2. The molecule has 0 amide bonds. The first-order valence-electron chi connectivity index (χ1n) is 17.7. The number of hydrogen-bond acceptors (Lipinski definition) is 1. The van der Waals surface area contributed by atoms with Crippen molar-refractivity contribution in [3.05, 3.63) is 212 Å². The van der Waals surface area contributed by atoms with Gasteiger partial charge in [0.25, 0.3) is 0 Å². The Bertz CT molecular complexity index is 2150. The summed E-state index contributed by atoms with van der Waals surface area (Å²) in [5, 5.41) is 2.49. The van der Waals surface area contributed by atoms with Gasteiger partial charge in [0, 0.05) is 22.7 Å². The van der Waals surface area contributed by atoms with E-state index in [0.29, 0.717) is 5.92 Å². The Morgan fingerprint density at radius 1 is 0.720 bits per heavy atom. The highest BCUT2D eigenvalue weighted by molar-refractivity contribution is 5.91. The number of rotatable bonds is 10. The summed E-state index contributed by atoms with van der Waals surface area (Å²) in [6.45, 7) is 13.7. The van der Waals surface area contributed by atoms with Crippen LogP contribution in [0.5, 0.6) is 0 Å². The van der Waals surface area contributed by atoms with Crippen LogP contribution in [0.15, 0.2) is 206 Å². The third-order valence-electron chi connectivity index (χ3n) is 10.3. The first kappa shape index (κ1) is 32.9. The van der Waals surface area contributed by atoms with E-state index in [1.54, 1.807) is 0 Å². The standard InChI is InChI=1S/C49H45N/c1-5-44(49(3,4)48-23-15-22-42-24-25-43(35-47(42)48)39-20-13-8-14-21-39)34-36(2)50(45-30-26-40(27-31-45)37-16-9-6-10-17-37)46-32-28-41(29-33-46)38-18-11-7-12-19-38/h5-18,20-32,34-35,38,46H,1-2,19,33H2,3-4H3/b44-34+. The number of anilines is 1. The number of fused-ring (bicyclic) bond motifs is 1. The molecule has 2 unspecified atom stereocenters. The average Bonchev–Trinajstić information content (AvgIpc) is 3.18. The lowest BCUT2D eigenvalue weighted by Gasteiger charge is -2.36. The van der Waals surface area contributed by atoms with E-state index < -0.39 is 0 Å². The Kier molecular flexibility index (Phi) is 9.49. The van der Waals surface area contributed by atoms with Crippen molar-refractivity contribution in [3.63, 3.8) is 0 Å². The largest absolute Gasteiger partial charge is 0.335 e. The van der Waals surface area contributed by atoms with E-state index in [9.17, 15) is 0 Å². The minimum absolute atomic E-state index is 0.133. The molecule has 2 atom stereocenters. The molecule has 5 aromatic carbocycles. The third kappa shape index (κ3) is 6.78. The molecule has 1 heteroatoms. The Morgan fingerprint density at radius 2 is 1.40 bits per heavy atom. The van der Waals surface area contributed by atoms with E-state index in [-0.39, 0.29) is 11.5 Å². The topological polar surface area (TPSA) is 3.24 Å². The highest BCUT2D eigenvalue weighted by Crippen LogP contribution is 2.40. The molecule has 5 aromatic rings. The Hall–Kier alpha value is -5.66. The van der Waals surface area contributed by atoms with Gasteiger partial charge in [0.1, 0.15) is 0 Å². The zero-order valence-corrected chi connectivity index (χ0v) is 29.2. The van der Waals surface area contributed by atoms with Crippen LogP contribution in [0, 0.1) is 5.92 Å². The maximum Gasteiger partial charge on any atom is 0.0559 e. The molecule has 0 heterocycles. The molecular weight excluding hydrogens is 603 g/mol. The quantitative estimate of drug-likeness (QED) is 0.136. The van der Waals surface area contributed by atoms with Crippen LogP contribution in [-0.2, 0) is 5.41 Å². The van der Waals surface area contributed by atoms with Crippen molar-refractivity contribution >= 4 is 16.5 Å². The van der Waals surface area contributed by atoms with Gasteiger partial charge in [-0.05, 0) is 86.9 Å². The molecule has 2 aliphatic rings. The maximum absolute atomic E-state index is 4.73. The van der Waals surface area contributed by atoms with E-state index in [0.717, 1.165) is 29.8 Å². The van der Waals surface area contributed by atoms with Gasteiger partial charge in [0.2, 0.25) is 0 Å². The van der Waals surface area contributed by atoms with E-state index in [2.05, 4.69) is 195 Å². The smallest absolute Gasteiger partial charge is 0.0559 e. The van der Waals surface area contributed by atoms with Crippen molar-refractivity contribution in [2.75, 3.05) is 4.90 Å². The van der Waals surface area contributed by atoms with Gasteiger partial charge in [-0.3, -0.25) is 0 Å². The molecule has 0 aromatic heterocycles. The van der Waals surface area contributed by atoms with Crippen LogP contribution in [0.3, 0.4) is 0 Å². The van der Waals surface area contributed by atoms with E-state index in [1.807, 2.05) is 6.08 Å². The SMILES string of the molecule is C=C/C(=C\C(=C)N(c1ccc(-c2ccccc2)cc1)C1C=CC(C2C=CC=CC2)=CC1)C(C)(C)c1cccc2ccc(-c3ccccc3)cc12. The van der Waals surface area contributed by atoms with Gasteiger partial charge in [-0.15, -0.1) is 0 Å². The zero-order valence-electron chi connectivity index (χ0n) is 29.2. The summed E-state index contributed by atoms with van der Waals surface area (Å²) in [5.74, 6) is 0.440. The summed E-state index contributed by atoms with van der Waals surface area (Å²) in [5.41, 5.74) is 10.4. The normalized spacial score (nSPS) is 17.4. The highest BCUT2D eigenvalue weighted by Gasteiger charge is 2.28. The van der Waals surface area contributed by atoms with Crippen LogP contribution in [0.2, 0.25) is 0 Å². The van der Waals surface area contributed by atoms with Crippen molar-refractivity contribution in [1.29, 1.82) is 0 Å². The fourth-order valence-corrected chi connectivity index (χ4v) is 7.46. The second-order valence-corrected chi connectivity index (χ2v) is 13.8. The van der Waals surface area contributed by atoms with Gasteiger partial charge in [0.15, 0.2) is 0 Å². The third-order valence-corrected chi connectivity index (χ3v) is 10.3. The molecule has 0 N–H and O–H groups in total. The van der Waals surface area contributed by atoms with Crippen LogP contribution in [0.4, 0.5) is 5.69 Å². The second-order valence-electron chi connectivity index (χ2n) is 13.8. The van der Waals surface area contributed by atoms with E-state index in [4.69, 9.17) is 6.58 Å². The van der Waals surface area contributed by atoms with Gasteiger partial charge in [-0.2, -0.15) is 0 Å². The first-order chi connectivity index (χ1) is 24.4. The average molecular weight is 648 g/mol. The monoisotopic (exact) mass is 647 g/mol. The highest BCUT2D eigenvalue weighted by atomic mass is 15.2. The van der Waals surface area contributed by atoms with Crippen molar-refractivity contribution < 1.29 is 0 Å². The second kappa shape index (κ2) is 14.4. The molecule has 246 valence electrons. The maximum atomic E-state index is 4.73. The van der Waals surface area contributed by atoms with Crippen LogP contribution < -0.4 is 4.90 Å². The van der Waals surface area contributed by atoms with Crippen molar-refractivity contribution in [1.82, 2.24) is 0 Å². The van der Waals surface area contributed by atoms with Crippen LogP contribution >= 0.6 is 0 Å². The van der Waals surface area contributed by atoms with Crippen LogP contribution in [0.25, 0.3) is 33.0 Å². The molecule has 0 fully saturated rings. The molecule has 1 nitrogen and oxygen atoms in total. The molecule has 0 spiro atoms. The first-order valence-corrected chi connectivity index (χ1v) is 17.7. The van der Waals surface area contributed by atoms with Crippen molar-refractivity contribution in [2.24, 2.45) is 5.92 Å². The molecular formula is C49H45N. The van der Waals surface area contributed by atoms with Gasteiger partial charge < -0.3 is 4.90 Å². The number of allylic oxidation sites excluding steroid dienone is 9. The molecule has 0 saturated carbocycles. The molecule has 2 aliphatic carbocycles. The lowest BCUT2D eigenvalue weighted by atomic mass is 9.75. The summed E-state index contributed by atoms with van der Waals surface area (Å²) in [4.78, 5) is 2.39. The Labute approximate surface area is 298 Å². The van der Waals surface area contributed by atoms with E-state index in [1.165, 1.54) is 44.2 Å². The fourth-order valence-electron chi connectivity index (χ4n) is 7.46. The molecule has 0 radical (unpaired) electrons. The van der Waals surface area contributed by atoms with Gasteiger partial charge >= 0.3 is 0 Å².